The van der Waals surface area contributed by atoms with Crippen LogP contribution >= 0.6 is 0 Å². The van der Waals surface area contributed by atoms with Crippen LogP contribution in [0.2, 0.25) is 0 Å². The maximum atomic E-state index is 11.9. The summed E-state index contributed by atoms with van der Waals surface area (Å²) >= 11 is 0. The summed E-state index contributed by atoms with van der Waals surface area (Å²) in [4.78, 5) is 45.7. The smallest absolute Gasteiger partial charge is 0.306 e. The van der Waals surface area contributed by atoms with Gasteiger partial charge < -0.3 is 10.1 Å². The van der Waals surface area contributed by atoms with E-state index in [0.717, 1.165) is 5.56 Å². The predicted octanol–water partition coefficient (Wildman–Crippen LogP) is 3.23. The molecule has 1 amide bonds. The lowest BCUT2D eigenvalue weighted by atomic mass is 10.0. The van der Waals surface area contributed by atoms with Gasteiger partial charge in [0, 0.05) is 24.9 Å². The first kappa shape index (κ1) is 21.5. The minimum absolute atomic E-state index is 0.0150. The summed E-state index contributed by atoms with van der Waals surface area (Å²) in [5.74, 6) is -0.639. The van der Waals surface area contributed by atoms with Crippen molar-refractivity contribution in [1.29, 1.82) is 0 Å². The van der Waals surface area contributed by atoms with E-state index < -0.39 is 0 Å². The summed E-state index contributed by atoms with van der Waals surface area (Å²) < 4.78 is 5.01. The van der Waals surface area contributed by atoms with Crippen molar-refractivity contribution in [3.05, 3.63) is 29.8 Å². The van der Waals surface area contributed by atoms with Crippen molar-refractivity contribution in [2.45, 2.75) is 65.4 Å². The number of Topliss-reactive ketones (excluding diaryl/α,β-unsaturated/α-hetero) is 2. The number of hydrogen-bond donors (Lipinski definition) is 1. The van der Waals surface area contributed by atoms with E-state index in [9.17, 15) is 19.2 Å². The molecule has 1 aromatic rings. The number of ketones is 2. The van der Waals surface area contributed by atoms with E-state index in [1.165, 1.54) is 6.92 Å². The van der Waals surface area contributed by atoms with Gasteiger partial charge >= 0.3 is 5.97 Å². The Morgan fingerprint density at radius 2 is 1.65 bits per heavy atom. The highest BCUT2D eigenvalue weighted by Crippen LogP contribution is 2.13. The van der Waals surface area contributed by atoms with Crippen LogP contribution in [0.3, 0.4) is 0 Å². The number of aryl methyl sites for hydroxylation is 1. The molecule has 0 fully saturated rings. The fraction of sp³-hybridized carbons (Fsp3) is 0.500. The zero-order valence-corrected chi connectivity index (χ0v) is 15.7. The van der Waals surface area contributed by atoms with Crippen LogP contribution in [0.15, 0.2) is 24.3 Å². The molecule has 6 heteroatoms. The standard InChI is InChI=1S/C20H27NO5/c1-14(2)26-20(25)6-4-5-19(24)21-17-10-7-16(8-11-17)9-12-18(23)13-15(3)22/h7-8,10-11,14H,4-6,9,12-13H2,1-3H3,(H,21,24). The summed E-state index contributed by atoms with van der Waals surface area (Å²) in [5.41, 5.74) is 1.63. The first-order chi connectivity index (χ1) is 12.3. The lowest BCUT2D eigenvalue weighted by Gasteiger charge is -2.08. The number of anilines is 1. The van der Waals surface area contributed by atoms with Gasteiger partial charge in [0.25, 0.3) is 0 Å². The molecule has 0 spiro atoms. The second kappa shape index (κ2) is 11.2. The highest BCUT2D eigenvalue weighted by molar-refractivity contribution is 5.98. The molecule has 26 heavy (non-hydrogen) atoms. The van der Waals surface area contributed by atoms with Gasteiger partial charge in [0.1, 0.15) is 11.6 Å². The van der Waals surface area contributed by atoms with E-state index in [-0.39, 0.29) is 48.8 Å². The van der Waals surface area contributed by atoms with Crippen molar-refractivity contribution in [2.24, 2.45) is 0 Å². The fourth-order valence-corrected chi connectivity index (χ4v) is 2.34. The lowest BCUT2D eigenvalue weighted by molar-refractivity contribution is -0.147. The molecule has 1 aromatic carbocycles. The molecule has 0 saturated heterocycles. The molecule has 0 unspecified atom stereocenters. The largest absolute Gasteiger partial charge is 0.463 e. The Morgan fingerprint density at radius 1 is 1.00 bits per heavy atom. The molecule has 6 nitrogen and oxygen atoms in total. The zero-order valence-electron chi connectivity index (χ0n) is 15.7. The summed E-state index contributed by atoms with van der Waals surface area (Å²) in [6.07, 6.45) is 1.64. The zero-order chi connectivity index (χ0) is 19.5. The van der Waals surface area contributed by atoms with E-state index in [1.807, 2.05) is 12.1 Å². The van der Waals surface area contributed by atoms with Crippen molar-refractivity contribution >= 4 is 29.1 Å². The molecule has 1 N–H and O–H groups in total. The van der Waals surface area contributed by atoms with Crippen molar-refractivity contribution in [2.75, 3.05) is 5.32 Å². The maximum absolute atomic E-state index is 11.9. The molecule has 0 aliphatic rings. The summed E-state index contributed by atoms with van der Waals surface area (Å²) in [6, 6.07) is 7.23. The van der Waals surface area contributed by atoms with Gasteiger partial charge in [-0.2, -0.15) is 0 Å². The summed E-state index contributed by atoms with van der Waals surface area (Å²) in [5, 5.41) is 2.77. The average Bonchev–Trinajstić information content (AvgIpc) is 2.53. The molecule has 0 aliphatic carbocycles. The third kappa shape index (κ3) is 9.71. The number of carbonyl (C=O) groups excluding carboxylic acids is 4. The number of nitrogens with one attached hydrogen (secondary N) is 1. The summed E-state index contributed by atoms with van der Waals surface area (Å²) in [7, 11) is 0. The topological polar surface area (TPSA) is 89.5 Å². The number of esters is 1. The third-order valence-electron chi connectivity index (χ3n) is 3.53. The Bertz CT molecular complexity index is 634. The van der Waals surface area contributed by atoms with Crippen LogP contribution in [0, 0.1) is 0 Å². The molecule has 0 aromatic heterocycles. The van der Waals surface area contributed by atoms with Crippen molar-refractivity contribution in [3.63, 3.8) is 0 Å². The Labute approximate surface area is 154 Å². The van der Waals surface area contributed by atoms with E-state index in [2.05, 4.69) is 5.32 Å². The Hall–Kier alpha value is -2.50. The Balaban J connectivity index is 2.33. The first-order valence-corrected chi connectivity index (χ1v) is 8.85. The van der Waals surface area contributed by atoms with Crippen LogP contribution in [-0.2, 0) is 30.3 Å². The minimum atomic E-state index is -0.295. The molecule has 142 valence electrons. The average molecular weight is 361 g/mol. The maximum Gasteiger partial charge on any atom is 0.306 e. The van der Waals surface area contributed by atoms with E-state index in [0.29, 0.717) is 24.9 Å². The number of rotatable bonds is 11. The lowest BCUT2D eigenvalue weighted by Crippen LogP contribution is -2.14. The quantitative estimate of drug-likeness (QED) is 0.483. The fourth-order valence-electron chi connectivity index (χ4n) is 2.34. The molecule has 0 bridgehead atoms. The molecule has 0 aliphatic heterocycles. The number of amides is 1. The highest BCUT2D eigenvalue weighted by Gasteiger charge is 2.09. The second-order valence-corrected chi connectivity index (χ2v) is 6.55. The van der Waals surface area contributed by atoms with Crippen LogP contribution in [0.5, 0.6) is 0 Å². The number of ether oxygens (including phenoxy) is 1. The highest BCUT2D eigenvalue weighted by atomic mass is 16.5. The minimum Gasteiger partial charge on any atom is -0.463 e. The van der Waals surface area contributed by atoms with Crippen molar-refractivity contribution in [3.8, 4) is 0 Å². The van der Waals surface area contributed by atoms with E-state index in [1.54, 1.807) is 26.0 Å². The second-order valence-electron chi connectivity index (χ2n) is 6.55. The molecule has 1 rings (SSSR count). The van der Waals surface area contributed by atoms with Crippen LogP contribution in [-0.4, -0.2) is 29.5 Å². The number of carbonyl (C=O) groups is 4. The van der Waals surface area contributed by atoms with Gasteiger partial charge in [0.05, 0.1) is 12.5 Å². The van der Waals surface area contributed by atoms with Crippen LogP contribution < -0.4 is 5.32 Å². The van der Waals surface area contributed by atoms with E-state index >= 15 is 0 Å². The Kier molecular flexibility index (Phi) is 9.26. The number of benzene rings is 1. The molecular weight excluding hydrogens is 334 g/mol. The monoisotopic (exact) mass is 361 g/mol. The van der Waals surface area contributed by atoms with Crippen LogP contribution in [0.25, 0.3) is 0 Å². The normalized spacial score (nSPS) is 10.5. The molecule has 0 atom stereocenters. The first-order valence-electron chi connectivity index (χ1n) is 8.85. The van der Waals surface area contributed by atoms with Gasteiger partial charge in [0.2, 0.25) is 5.91 Å². The predicted molar refractivity (Wildman–Crippen MR) is 98.8 cm³/mol. The summed E-state index contributed by atoms with van der Waals surface area (Å²) in [6.45, 7) is 4.98. The molecule has 0 heterocycles. The van der Waals surface area contributed by atoms with Gasteiger partial charge in [-0.1, -0.05) is 12.1 Å². The number of hydrogen-bond acceptors (Lipinski definition) is 5. The van der Waals surface area contributed by atoms with Crippen LogP contribution in [0.4, 0.5) is 5.69 Å². The Morgan fingerprint density at radius 3 is 2.23 bits per heavy atom. The molecule has 0 radical (unpaired) electrons. The van der Waals surface area contributed by atoms with Gasteiger partial charge in [-0.05, 0) is 51.3 Å². The third-order valence-corrected chi connectivity index (χ3v) is 3.53. The van der Waals surface area contributed by atoms with Gasteiger partial charge in [-0.25, -0.2) is 0 Å². The van der Waals surface area contributed by atoms with E-state index in [4.69, 9.17) is 4.74 Å². The molecular formula is C20H27NO5. The SMILES string of the molecule is CC(=O)CC(=O)CCc1ccc(NC(=O)CCCC(=O)OC(C)C)cc1. The van der Waals surface area contributed by atoms with Crippen molar-refractivity contribution < 1.29 is 23.9 Å². The van der Waals surface area contributed by atoms with Crippen molar-refractivity contribution in [1.82, 2.24) is 0 Å². The van der Waals surface area contributed by atoms with Gasteiger partial charge in [0.15, 0.2) is 0 Å². The van der Waals surface area contributed by atoms with Gasteiger partial charge in [-0.15, -0.1) is 0 Å². The molecule has 0 saturated carbocycles. The van der Waals surface area contributed by atoms with Crippen LogP contribution in [0.1, 0.15) is 58.4 Å². The van der Waals surface area contributed by atoms with Gasteiger partial charge in [-0.3, -0.25) is 19.2 Å².